The van der Waals surface area contributed by atoms with Crippen LogP contribution >= 0.6 is 11.6 Å². The van der Waals surface area contributed by atoms with E-state index in [1.54, 1.807) is 30.0 Å². The molecule has 6 nitrogen and oxygen atoms in total. The number of nitrogens with zero attached hydrogens (tertiary/aromatic N) is 2. The molecule has 0 atom stereocenters. The molecule has 1 aliphatic rings. The van der Waals surface area contributed by atoms with Gasteiger partial charge in [0, 0.05) is 26.2 Å². The zero-order valence-corrected chi connectivity index (χ0v) is 12.6. The van der Waals surface area contributed by atoms with Gasteiger partial charge in [0.15, 0.2) is 0 Å². The molecule has 0 unspecified atom stereocenters. The molecule has 1 N–H and O–H groups in total. The maximum atomic E-state index is 11.7. The molecule has 0 aromatic heterocycles. The third kappa shape index (κ3) is 3.58. The van der Waals surface area contributed by atoms with Gasteiger partial charge in [0.2, 0.25) is 6.41 Å². The molecule has 0 bridgehead atoms. The highest BCUT2D eigenvalue weighted by Gasteiger charge is 2.24. The summed E-state index contributed by atoms with van der Waals surface area (Å²) in [7, 11) is 0. The number of hydrogen-bond acceptors (Lipinski definition) is 4. The van der Waals surface area contributed by atoms with Crippen molar-refractivity contribution in [1.29, 1.82) is 0 Å². The van der Waals surface area contributed by atoms with E-state index in [0.717, 1.165) is 5.69 Å². The molecule has 1 aliphatic heterocycles. The zero-order chi connectivity index (χ0) is 15.2. The van der Waals surface area contributed by atoms with Crippen molar-refractivity contribution in [1.82, 2.24) is 4.90 Å². The van der Waals surface area contributed by atoms with Gasteiger partial charge in [-0.1, -0.05) is 17.7 Å². The topological polar surface area (TPSA) is 61.9 Å². The summed E-state index contributed by atoms with van der Waals surface area (Å²) in [6.07, 6.45) is 0.340. The molecule has 1 aromatic rings. The second kappa shape index (κ2) is 7.17. The molecule has 114 valence electrons. The third-order valence-corrected chi connectivity index (χ3v) is 3.63. The summed E-state index contributed by atoms with van der Waals surface area (Å²) < 4.78 is 4.99. The van der Waals surface area contributed by atoms with Crippen LogP contribution in [0.15, 0.2) is 18.2 Å². The number of piperazine rings is 1. The van der Waals surface area contributed by atoms with Gasteiger partial charge in [-0.2, -0.15) is 0 Å². The minimum atomic E-state index is -0.289. The second-order valence-corrected chi connectivity index (χ2v) is 4.98. The molecular formula is C14H18ClN3O3. The Balaban J connectivity index is 2.08. The van der Waals surface area contributed by atoms with Gasteiger partial charge < -0.3 is 19.9 Å². The van der Waals surface area contributed by atoms with Crippen LogP contribution in [-0.4, -0.2) is 50.2 Å². The van der Waals surface area contributed by atoms with Crippen molar-refractivity contribution in [2.24, 2.45) is 0 Å². The maximum Gasteiger partial charge on any atom is 0.409 e. The van der Waals surface area contributed by atoms with E-state index in [4.69, 9.17) is 16.3 Å². The van der Waals surface area contributed by atoms with Crippen LogP contribution < -0.4 is 10.2 Å². The van der Waals surface area contributed by atoms with Gasteiger partial charge >= 0.3 is 6.09 Å². The van der Waals surface area contributed by atoms with Gasteiger partial charge in [-0.05, 0) is 19.1 Å². The lowest BCUT2D eigenvalue weighted by atomic mass is 10.2. The van der Waals surface area contributed by atoms with Crippen molar-refractivity contribution in [2.75, 3.05) is 43.0 Å². The summed E-state index contributed by atoms with van der Waals surface area (Å²) in [5.74, 6) is 0. The minimum absolute atomic E-state index is 0.289. The molecule has 7 heteroatoms. The Morgan fingerprint density at radius 2 is 2.10 bits per heavy atom. The molecule has 2 rings (SSSR count). The molecule has 1 saturated heterocycles. The summed E-state index contributed by atoms with van der Waals surface area (Å²) in [5, 5.41) is 3.23. The first-order chi connectivity index (χ1) is 10.2. The van der Waals surface area contributed by atoms with Gasteiger partial charge in [0.05, 0.1) is 23.0 Å². The lowest BCUT2D eigenvalue weighted by molar-refractivity contribution is -0.105. The van der Waals surface area contributed by atoms with Crippen LogP contribution in [0.3, 0.4) is 0 Å². The first kappa shape index (κ1) is 15.4. The molecule has 0 spiro atoms. The highest BCUT2D eigenvalue weighted by Crippen LogP contribution is 2.34. The lowest BCUT2D eigenvalue weighted by Gasteiger charge is -2.36. The van der Waals surface area contributed by atoms with Gasteiger partial charge in [0.25, 0.3) is 0 Å². The zero-order valence-electron chi connectivity index (χ0n) is 11.8. The number of rotatable bonds is 4. The standard InChI is InChI=1S/C14H18ClN3O3/c1-2-21-14(20)18-8-6-17(7-9-18)13-11(15)4-3-5-12(13)16-10-19/h3-5,10H,2,6-9H2,1H3,(H,16,19). The number of anilines is 2. The predicted octanol–water partition coefficient (Wildman–Crippen LogP) is 2.19. The van der Waals surface area contributed by atoms with Crippen molar-refractivity contribution >= 4 is 35.5 Å². The van der Waals surface area contributed by atoms with Crippen molar-refractivity contribution in [3.63, 3.8) is 0 Å². The number of ether oxygens (including phenoxy) is 1. The second-order valence-electron chi connectivity index (χ2n) is 4.57. The SMILES string of the molecule is CCOC(=O)N1CCN(c2c(Cl)cccc2NC=O)CC1. The number of benzene rings is 1. The first-order valence-electron chi connectivity index (χ1n) is 6.82. The fourth-order valence-corrected chi connectivity index (χ4v) is 2.64. The normalized spacial score (nSPS) is 14.8. The van der Waals surface area contributed by atoms with Gasteiger partial charge in [-0.15, -0.1) is 0 Å². The molecule has 2 amide bonds. The predicted molar refractivity (Wildman–Crippen MR) is 81.9 cm³/mol. The molecule has 1 heterocycles. The number of para-hydroxylation sites is 1. The Labute approximate surface area is 128 Å². The van der Waals surface area contributed by atoms with Crippen molar-refractivity contribution < 1.29 is 14.3 Å². The fraction of sp³-hybridized carbons (Fsp3) is 0.429. The highest BCUT2D eigenvalue weighted by atomic mass is 35.5. The minimum Gasteiger partial charge on any atom is -0.450 e. The van der Waals surface area contributed by atoms with Gasteiger partial charge in [-0.3, -0.25) is 4.79 Å². The quantitative estimate of drug-likeness (QED) is 0.866. The number of amides is 2. The molecule has 0 radical (unpaired) electrons. The van der Waals surface area contributed by atoms with Crippen molar-refractivity contribution in [3.8, 4) is 0 Å². The summed E-state index contributed by atoms with van der Waals surface area (Å²) in [6.45, 7) is 4.55. The number of halogens is 1. The Kier molecular flexibility index (Phi) is 5.27. The number of hydrogen-bond donors (Lipinski definition) is 1. The van der Waals surface area contributed by atoms with E-state index < -0.39 is 0 Å². The summed E-state index contributed by atoms with van der Waals surface area (Å²) in [6, 6.07) is 5.37. The van der Waals surface area contributed by atoms with Crippen molar-refractivity contribution in [2.45, 2.75) is 6.92 Å². The first-order valence-corrected chi connectivity index (χ1v) is 7.20. The van der Waals surface area contributed by atoms with Crippen LogP contribution in [0.25, 0.3) is 0 Å². The lowest BCUT2D eigenvalue weighted by Crippen LogP contribution is -2.49. The van der Waals surface area contributed by atoms with Crippen molar-refractivity contribution in [3.05, 3.63) is 23.2 Å². The van der Waals surface area contributed by atoms with Crippen LogP contribution in [-0.2, 0) is 9.53 Å². The van der Waals surface area contributed by atoms with Crippen LogP contribution in [0.5, 0.6) is 0 Å². The smallest absolute Gasteiger partial charge is 0.409 e. The van der Waals surface area contributed by atoms with E-state index in [1.807, 2.05) is 0 Å². The van der Waals surface area contributed by atoms with Crippen LogP contribution in [0.2, 0.25) is 5.02 Å². The van der Waals surface area contributed by atoms with E-state index >= 15 is 0 Å². The molecule has 0 aliphatic carbocycles. The Morgan fingerprint density at radius 3 is 2.71 bits per heavy atom. The van der Waals surface area contributed by atoms with Crippen LogP contribution in [0, 0.1) is 0 Å². The van der Waals surface area contributed by atoms with Crippen LogP contribution in [0.1, 0.15) is 6.92 Å². The van der Waals surface area contributed by atoms with Gasteiger partial charge in [-0.25, -0.2) is 4.79 Å². The number of carbonyl (C=O) groups is 2. The molecule has 0 saturated carbocycles. The largest absolute Gasteiger partial charge is 0.450 e. The van der Waals surface area contributed by atoms with E-state index in [1.165, 1.54) is 0 Å². The molecule has 21 heavy (non-hydrogen) atoms. The number of nitrogens with one attached hydrogen (secondary N) is 1. The Morgan fingerprint density at radius 1 is 1.38 bits per heavy atom. The molecular weight excluding hydrogens is 294 g/mol. The van der Waals surface area contributed by atoms with Crippen LogP contribution in [0.4, 0.5) is 16.2 Å². The highest BCUT2D eigenvalue weighted by molar-refractivity contribution is 6.34. The summed E-state index contributed by atoms with van der Waals surface area (Å²) in [5.41, 5.74) is 1.46. The van der Waals surface area contributed by atoms with E-state index in [9.17, 15) is 9.59 Å². The van der Waals surface area contributed by atoms with E-state index in [2.05, 4.69) is 10.2 Å². The van der Waals surface area contributed by atoms with E-state index in [0.29, 0.717) is 49.9 Å². The van der Waals surface area contributed by atoms with Gasteiger partial charge in [0.1, 0.15) is 0 Å². The summed E-state index contributed by atoms with van der Waals surface area (Å²) in [4.78, 5) is 26.1. The monoisotopic (exact) mass is 311 g/mol. The summed E-state index contributed by atoms with van der Waals surface area (Å²) >= 11 is 6.24. The number of carbonyl (C=O) groups excluding carboxylic acids is 2. The maximum absolute atomic E-state index is 11.7. The average Bonchev–Trinajstić information content (AvgIpc) is 2.48. The fourth-order valence-electron chi connectivity index (χ4n) is 2.34. The third-order valence-electron chi connectivity index (χ3n) is 3.32. The Hall–Kier alpha value is -1.95. The molecule has 1 aromatic carbocycles. The van der Waals surface area contributed by atoms with E-state index in [-0.39, 0.29) is 6.09 Å². The Bertz CT molecular complexity index is 516. The molecule has 1 fully saturated rings. The average molecular weight is 312 g/mol.